The van der Waals surface area contributed by atoms with Crippen molar-refractivity contribution in [3.8, 4) is 5.75 Å². The van der Waals surface area contributed by atoms with Gasteiger partial charge < -0.3 is 10.2 Å². The first-order chi connectivity index (χ1) is 10.0. The summed E-state index contributed by atoms with van der Waals surface area (Å²) < 4.78 is 5.63. The molecule has 1 aromatic heterocycles. The third kappa shape index (κ3) is 3.46. The van der Waals surface area contributed by atoms with Crippen molar-refractivity contribution in [2.45, 2.75) is 20.5 Å². The number of aromatic nitrogens is 1. The minimum atomic E-state index is -0.418. The Kier molecular flexibility index (Phi) is 4.34. The van der Waals surface area contributed by atoms with E-state index in [9.17, 15) is 10.1 Å². The minimum absolute atomic E-state index is 0.0425. The van der Waals surface area contributed by atoms with Crippen molar-refractivity contribution in [3.63, 3.8) is 0 Å². The molecule has 1 heterocycles. The highest BCUT2D eigenvalue weighted by Crippen LogP contribution is 2.28. The van der Waals surface area contributed by atoms with Crippen LogP contribution in [0, 0.1) is 24.0 Å². The Balaban J connectivity index is 2.19. The molecule has 0 saturated heterocycles. The number of nitro groups is 1. The lowest BCUT2D eigenvalue weighted by molar-refractivity contribution is -0.385. The molecule has 7 heteroatoms. The normalized spacial score (nSPS) is 10.2. The van der Waals surface area contributed by atoms with Crippen molar-refractivity contribution >= 4 is 11.5 Å². The Morgan fingerprint density at radius 3 is 2.76 bits per heavy atom. The number of nitrogens with two attached hydrogens (primary N) is 1. The van der Waals surface area contributed by atoms with Crippen LogP contribution in [0.25, 0.3) is 0 Å². The number of nitrogens with zero attached hydrogens (tertiary/aromatic N) is 2. The monoisotopic (exact) mass is 288 g/mol. The number of anilines is 1. The third-order valence-corrected chi connectivity index (χ3v) is 3.02. The van der Waals surface area contributed by atoms with Crippen LogP contribution in [-0.2, 0) is 6.61 Å². The summed E-state index contributed by atoms with van der Waals surface area (Å²) in [6.45, 7) is 3.75. The second-order valence-electron chi connectivity index (χ2n) is 4.61. The molecule has 1 aromatic carbocycles. The molecule has 2 aromatic rings. The molecule has 0 atom stereocenters. The van der Waals surface area contributed by atoms with Gasteiger partial charge in [0.2, 0.25) is 0 Å². The number of hydrogen-bond donors (Lipinski definition) is 2. The molecule has 0 aliphatic heterocycles. The fourth-order valence-electron chi connectivity index (χ4n) is 1.97. The molecule has 110 valence electrons. The molecule has 0 radical (unpaired) electrons. The average molecular weight is 288 g/mol. The van der Waals surface area contributed by atoms with Gasteiger partial charge in [-0.25, -0.2) is 10.8 Å². The van der Waals surface area contributed by atoms with E-state index in [0.717, 1.165) is 5.56 Å². The maximum atomic E-state index is 11.0. The van der Waals surface area contributed by atoms with Crippen LogP contribution in [-0.4, -0.2) is 9.91 Å². The summed E-state index contributed by atoms with van der Waals surface area (Å²) in [4.78, 5) is 14.8. The van der Waals surface area contributed by atoms with Crippen LogP contribution in [0.5, 0.6) is 5.75 Å². The van der Waals surface area contributed by atoms with Gasteiger partial charge in [0.1, 0.15) is 18.2 Å². The number of aryl methyl sites for hydroxylation is 2. The molecule has 7 nitrogen and oxygen atoms in total. The van der Waals surface area contributed by atoms with Gasteiger partial charge in [0.05, 0.1) is 16.7 Å². The smallest absolute Gasteiger partial charge is 0.276 e. The van der Waals surface area contributed by atoms with Gasteiger partial charge in [-0.1, -0.05) is 6.07 Å². The average Bonchev–Trinajstić information content (AvgIpc) is 2.46. The Labute approximate surface area is 121 Å². The number of hydrogen-bond acceptors (Lipinski definition) is 6. The number of nitrogen functional groups attached to an aromatic ring is 1. The van der Waals surface area contributed by atoms with Gasteiger partial charge in [-0.15, -0.1) is 0 Å². The lowest BCUT2D eigenvalue weighted by Gasteiger charge is -2.10. The summed E-state index contributed by atoms with van der Waals surface area (Å²) in [5, 5.41) is 11.0. The van der Waals surface area contributed by atoms with E-state index in [1.165, 1.54) is 6.07 Å². The Hall–Kier alpha value is -2.67. The number of pyridine rings is 1. The van der Waals surface area contributed by atoms with Gasteiger partial charge >= 0.3 is 0 Å². The summed E-state index contributed by atoms with van der Waals surface area (Å²) in [5.74, 6) is 6.29. The molecule has 0 bridgehead atoms. The summed E-state index contributed by atoms with van der Waals surface area (Å²) in [6.07, 6.45) is 0. The number of nitrogens with one attached hydrogen (secondary N) is 1. The van der Waals surface area contributed by atoms with Crippen molar-refractivity contribution in [2.24, 2.45) is 5.84 Å². The maximum absolute atomic E-state index is 11.0. The zero-order valence-electron chi connectivity index (χ0n) is 11.8. The number of hydrazine groups is 1. The first-order valence-electron chi connectivity index (χ1n) is 6.32. The van der Waals surface area contributed by atoms with E-state index in [2.05, 4.69) is 10.4 Å². The fraction of sp³-hybridized carbons (Fsp3) is 0.214. The van der Waals surface area contributed by atoms with E-state index in [1.54, 1.807) is 31.2 Å². The number of nitro benzene ring substituents is 1. The molecule has 0 unspecified atom stereocenters. The van der Waals surface area contributed by atoms with Crippen molar-refractivity contribution in [1.82, 2.24) is 4.98 Å². The first-order valence-corrected chi connectivity index (χ1v) is 6.32. The van der Waals surface area contributed by atoms with Gasteiger partial charge in [0.25, 0.3) is 5.69 Å². The van der Waals surface area contributed by atoms with E-state index in [1.807, 2.05) is 6.92 Å². The van der Waals surface area contributed by atoms with Crippen LogP contribution < -0.4 is 16.0 Å². The molecule has 0 aliphatic rings. The van der Waals surface area contributed by atoms with E-state index in [-0.39, 0.29) is 12.3 Å². The molecule has 21 heavy (non-hydrogen) atoms. The highest BCUT2D eigenvalue weighted by molar-refractivity contribution is 5.49. The molecule has 0 amide bonds. The number of ether oxygens (including phenoxy) is 1. The van der Waals surface area contributed by atoms with E-state index < -0.39 is 4.92 Å². The quantitative estimate of drug-likeness (QED) is 0.497. The second-order valence-corrected chi connectivity index (χ2v) is 4.61. The topological polar surface area (TPSA) is 103 Å². The summed E-state index contributed by atoms with van der Waals surface area (Å²) in [5.41, 5.74) is 4.62. The predicted octanol–water partition coefficient (Wildman–Crippen LogP) is 2.47. The standard InChI is InChI=1S/C14H16N4O3/c1-9-6-10(2)13(7-12(9)18(19)20)21-8-11-4-3-5-14(16-11)17-15/h3-7H,8,15H2,1-2H3,(H,16,17). The maximum Gasteiger partial charge on any atom is 0.276 e. The van der Waals surface area contributed by atoms with Crippen LogP contribution in [0.4, 0.5) is 11.5 Å². The Bertz CT molecular complexity index is 673. The SMILES string of the molecule is Cc1cc(C)c([N+](=O)[O-])cc1OCc1cccc(NN)n1. The molecule has 3 N–H and O–H groups in total. The molecule has 0 spiro atoms. The van der Waals surface area contributed by atoms with E-state index in [4.69, 9.17) is 10.6 Å². The van der Waals surface area contributed by atoms with Crippen molar-refractivity contribution in [1.29, 1.82) is 0 Å². The van der Waals surface area contributed by atoms with Crippen LogP contribution in [0.1, 0.15) is 16.8 Å². The molecule has 0 aliphatic carbocycles. The number of rotatable bonds is 5. The largest absolute Gasteiger partial charge is 0.487 e. The van der Waals surface area contributed by atoms with E-state index >= 15 is 0 Å². The molecule has 0 fully saturated rings. The second kappa shape index (κ2) is 6.19. The van der Waals surface area contributed by atoms with Crippen LogP contribution in [0.2, 0.25) is 0 Å². The Morgan fingerprint density at radius 1 is 1.33 bits per heavy atom. The summed E-state index contributed by atoms with van der Waals surface area (Å²) in [6, 6.07) is 8.49. The van der Waals surface area contributed by atoms with Gasteiger partial charge in [-0.3, -0.25) is 10.1 Å². The third-order valence-electron chi connectivity index (χ3n) is 3.02. The zero-order valence-corrected chi connectivity index (χ0v) is 11.8. The highest BCUT2D eigenvalue weighted by Gasteiger charge is 2.14. The van der Waals surface area contributed by atoms with Crippen LogP contribution >= 0.6 is 0 Å². The van der Waals surface area contributed by atoms with Crippen molar-refractivity contribution < 1.29 is 9.66 Å². The van der Waals surface area contributed by atoms with Crippen LogP contribution in [0.15, 0.2) is 30.3 Å². The van der Waals surface area contributed by atoms with Gasteiger partial charge in [0, 0.05) is 5.56 Å². The zero-order chi connectivity index (χ0) is 15.4. The predicted molar refractivity (Wildman–Crippen MR) is 78.9 cm³/mol. The Morgan fingerprint density at radius 2 is 2.10 bits per heavy atom. The van der Waals surface area contributed by atoms with Gasteiger partial charge in [-0.05, 0) is 37.6 Å². The van der Waals surface area contributed by atoms with E-state index in [0.29, 0.717) is 22.8 Å². The van der Waals surface area contributed by atoms with Crippen LogP contribution in [0.3, 0.4) is 0 Å². The van der Waals surface area contributed by atoms with Gasteiger partial charge in [0.15, 0.2) is 0 Å². The highest BCUT2D eigenvalue weighted by atomic mass is 16.6. The summed E-state index contributed by atoms with van der Waals surface area (Å²) in [7, 11) is 0. The summed E-state index contributed by atoms with van der Waals surface area (Å²) >= 11 is 0. The molecule has 2 rings (SSSR count). The fourth-order valence-corrected chi connectivity index (χ4v) is 1.97. The lowest BCUT2D eigenvalue weighted by atomic mass is 10.1. The van der Waals surface area contributed by atoms with Crippen molar-refractivity contribution in [3.05, 3.63) is 57.3 Å². The minimum Gasteiger partial charge on any atom is -0.487 e. The lowest BCUT2D eigenvalue weighted by Crippen LogP contribution is -2.10. The molecular weight excluding hydrogens is 272 g/mol. The first kappa shape index (κ1) is 14.7. The number of benzene rings is 1. The van der Waals surface area contributed by atoms with Crippen molar-refractivity contribution in [2.75, 3.05) is 5.43 Å². The molecule has 0 saturated carbocycles. The van der Waals surface area contributed by atoms with Gasteiger partial charge in [-0.2, -0.15) is 0 Å². The molecular formula is C14H16N4O3.